The van der Waals surface area contributed by atoms with Crippen LogP contribution in [0.15, 0.2) is 11.6 Å². The Morgan fingerprint density at radius 2 is 2.45 bits per heavy atom. The molecule has 0 saturated heterocycles. The van der Waals surface area contributed by atoms with Gasteiger partial charge in [-0.2, -0.15) is 0 Å². The quantitative estimate of drug-likeness (QED) is 0.734. The number of aliphatic hydroxyl groups excluding tert-OH is 1. The van der Waals surface area contributed by atoms with E-state index in [-0.39, 0.29) is 25.1 Å². The highest BCUT2D eigenvalue weighted by atomic mass is 35.5. The van der Waals surface area contributed by atoms with E-state index >= 15 is 0 Å². The van der Waals surface area contributed by atoms with Crippen LogP contribution in [0.5, 0.6) is 0 Å². The molecule has 0 radical (unpaired) electrons. The minimum absolute atomic E-state index is 0. The van der Waals surface area contributed by atoms with E-state index in [1.165, 1.54) is 0 Å². The fourth-order valence-corrected chi connectivity index (χ4v) is 1.35. The number of nitrogens with zero attached hydrogens (tertiary/aromatic N) is 1. The van der Waals surface area contributed by atoms with Crippen molar-refractivity contribution < 1.29 is 5.11 Å². The zero-order chi connectivity index (χ0) is 7.40. The first-order chi connectivity index (χ1) is 4.83. The van der Waals surface area contributed by atoms with Gasteiger partial charge in [-0.05, 0) is 0 Å². The van der Waals surface area contributed by atoms with Crippen LogP contribution >= 0.6 is 23.7 Å². The van der Waals surface area contributed by atoms with Crippen LogP contribution in [-0.4, -0.2) is 22.7 Å². The lowest BCUT2D eigenvalue weighted by Gasteiger charge is -2.02. The molecule has 0 unspecified atom stereocenters. The van der Waals surface area contributed by atoms with E-state index in [2.05, 4.69) is 4.98 Å². The molecule has 64 valence electrons. The lowest BCUT2D eigenvalue weighted by atomic mass is 10.2. The normalized spacial score (nSPS) is 12.2. The molecule has 1 aromatic rings. The third kappa shape index (κ3) is 3.67. The summed E-state index contributed by atoms with van der Waals surface area (Å²) in [5.41, 5.74) is 5.48. The highest BCUT2D eigenvalue weighted by molar-refractivity contribution is 7.09. The topological polar surface area (TPSA) is 59.1 Å². The monoisotopic (exact) mass is 194 g/mol. The Morgan fingerprint density at radius 1 is 1.73 bits per heavy atom. The molecule has 3 N–H and O–H groups in total. The highest BCUT2D eigenvalue weighted by Gasteiger charge is 2.02. The summed E-state index contributed by atoms with van der Waals surface area (Å²) in [4.78, 5) is 4.03. The minimum Gasteiger partial charge on any atom is -0.395 e. The Morgan fingerprint density at radius 3 is 2.91 bits per heavy atom. The maximum absolute atomic E-state index is 8.59. The van der Waals surface area contributed by atoms with Crippen LogP contribution in [0.2, 0.25) is 0 Å². The summed E-state index contributed by atoms with van der Waals surface area (Å²) < 4.78 is 0. The zero-order valence-electron chi connectivity index (χ0n) is 5.93. The van der Waals surface area contributed by atoms with E-state index in [4.69, 9.17) is 10.8 Å². The Labute approximate surface area is 75.7 Å². The van der Waals surface area contributed by atoms with Gasteiger partial charge in [0.25, 0.3) is 0 Å². The van der Waals surface area contributed by atoms with Gasteiger partial charge in [-0.3, -0.25) is 0 Å². The van der Waals surface area contributed by atoms with Gasteiger partial charge in [0.1, 0.15) is 0 Å². The maximum Gasteiger partial charge on any atom is 0.0941 e. The molecular weight excluding hydrogens is 184 g/mol. The van der Waals surface area contributed by atoms with Crippen LogP contribution in [-0.2, 0) is 6.42 Å². The molecule has 1 rings (SSSR count). The number of aromatic nitrogens is 1. The molecule has 0 aliphatic rings. The van der Waals surface area contributed by atoms with Crippen molar-refractivity contribution in [2.45, 2.75) is 12.5 Å². The first-order valence-corrected chi connectivity index (χ1v) is 3.95. The second-order valence-electron chi connectivity index (χ2n) is 2.07. The van der Waals surface area contributed by atoms with Crippen molar-refractivity contribution in [2.24, 2.45) is 5.73 Å². The van der Waals surface area contributed by atoms with E-state index in [0.29, 0.717) is 6.42 Å². The van der Waals surface area contributed by atoms with Crippen LogP contribution in [0.25, 0.3) is 0 Å². The zero-order valence-corrected chi connectivity index (χ0v) is 7.57. The fraction of sp³-hybridized carbons (Fsp3) is 0.500. The van der Waals surface area contributed by atoms with Crippen LogP contribution in [0.1, 0.15) is 5.01 Å². The summed E-state index contributed by atoms with van der Waals surface area (Å²) in [6.45, 7) is 0.0274. The predicted molar refractivity (Wildman–Crippen MR) is 48.1 cm³/mol. The van der Waals surface area contributed by atoms with Gasteiger partial charge in [-0.15, -0.1) is 23.7 Å². The van der Waals surface area contributed by atoms with Gasteiger partial charge >= 0.3 is 0 Å². The van der Waals surface area contributed by atoms with Gasteiger partial charge in [0.2, 0.25) is 0 Å². The Balaban J connectivity index is 0.000001000. The smallest absolute Gasteiger partial charge is 0.0941 e. The fourth-order valence-electron chi connectivity index (χ4n) is 0.643. The lowest BCUT2D eigenvalue weighted by Crippen LogP contribution is -2.26. The van der Waals surface area contributed by atoms with Crippen molar-refractivity contribution >= 4 is 23.7 Å². The molecule has 3 nitrogen and oxygen atoms in total. The molecule has 0 aliphatic carbocycles. The predicted octanol–water partition coefficient (Wildman–Crippen LogP) is 0.427. The van der Waals surface area contributed by atoms with Crippen molar-refractivity contribution in [1.82, 2.24) is 4.98 Å². The largest absolute Gasteiger partial charge is 0.395 e. The molecule has 1 aromatic heterocycles. The van der Waals surface area contributed by atoms with Gasteiger partial charge < -0.3 is 10.8 Å². The number of rotatable bonds is 3. The van der Waals surface area contributed by atoms with E-state index < -0.39 is 0 Å². The SMILES string of the molecule is Cl.N[C@@H](CO)Cc1nccs1. The molecule has 0 saturated carbocycles. The van der Waals surface area contributed by atoms with E-state index in [0.717, 1.165) is 5.01 Å². The van der Waals surface area contributed by atoms with Gasteiger partial charge in [0.15, 0.2) is 0 Å². The molecule has 1 atom stereocenters. The average Bonchev–Trinajstić information content (AvgIpc) is 2.40. The Hall–Kier alpha value is -0.160. The molecule has 0 fully saturated rings. The number of thiazole rings is 1. The second kappa shape index (κ2) is 5.49. The molecule has 0 aromatic carbocycles. The third-order valence-electron chi connectivity index (χ3n) is 1.15. The molecule has 0 aliphatic heterocycles. The van der Waals surface area contributed by atoms with Crippen molar-refractivity contribution in [3.63, 3.8) is 0 Å². The van der Waals surface area contributed by atoms with Crippen LogP contribution in [0, 0.1) is 0 Å². The molecule has 0 amide bonds. The van der Waals surface area contributed by atoms with E-state index in [1.807, 2.05) is 5.38 Å². The van der Waals surface area contributed by atoms with Gasteiger partial charge in [0.05, 0.1) is 11.6 Å². The van der Waals surface area contributed by atoms with Gasteiger partial charge in [0, 0.05) is 24.0 Å². The summed E-state index contributed by atoms with van der Waals surface area (Å²) in [7, 11) is 0. The van der Waals surface area contributed by atoms with E-state index in [1.54, 1.807) is 17.5 Å². The van der Waals surface area contributed by atoms with Crippen LogP contribution in [0.3, 0.4) is 0 Å². The van der Waals surface area contributed by atoms with Crippen LogP contribution < -0.4 is 5.73 Å². The van der Waals surface area contributed by atoms with Crippen LogP contribution in [0.4, 0.5) is 0 Å². The third-order valence-corrected chi connectivity index (χ3v) is 1.96. The first kappa shape index (κ1) is 10.8. The number of halogens is 1. The van der Waals surface area contributed by atoms with Crippen molar-refractivity contribution in [2.75, 3.05) is 6.61 Å². The molecule has 1 heterocycles. The molecular formula is C6H11ClN2OS. The van der Waals surface area contributed by atoms with E-state index in [9.17, 15) is 0 Å². The van der Waals surface area contributed by atoms with Crippen molar-refractivity contribution in [3.05, 3.63) is 16.6 Å². The highest BCUT2D eigenvalue weighted by Crippen LogP contribution is 2.05. The number of hydrogen-bond donors (Lipinski definition) is 2. The summed E-state index contributed by atoms with van der Waals surface area (Å²) in [5.74, 6) is 0. The van der Waals surface area contributed by atoms with Crippen molar-refractivity contribution in [1.29, 1.82) is 0 Å². The molecule has 0 spiro atoms. The number of nitrogens with two attached hydrogens (primary N) is 1. The van der Waals surface area contributed by atoms with Crippen molar-refractivity contribution in [3.8, 4) is 0 Å². The second-order valence-corrected chi connectivity index (χ2v) is 3.05. The molecule has 11 heavy (non-hydrogen) atoms. The molecule has 0 bridgehead atoms. The minimum atomic E-state index is -0.161. The molecule has 5 heteroatoms. The standard InChI is InChI=1S/C6H10N2OS.ClH/c7-5(4-9)3-6-8-1-2-10-6;/h1-2,5,9H,3-4,7H2;1H/t5-;/m1./s1. The Kier molecular flexibility index (Phi) is 5.41. The summed E-state index contributed by atoms with van der Waals surface area (Å²) in [6, 6.07) is -0.161. The first-order valence-electron chi connectivity index (χ1n) is 3.07. The van der Waals surface area contributed by atoms with Gasteiger partial charge in [-0.25, -0.2) is 4.98 Å². The summed E-state index contributed by atoms with van der Waals surface area (Å²) in [6.07, 6.45) is 2.41. The maximum atomic E-state index is 8.59. The van der Waals surface area contributed by atoms with Gasteiger partial charge in [-0.1, -0.05) is 0 Å². The number of aliphatic hydroxyl groups is 1. The summed E-state index contributed by atoms with van der Waals surface area (Å²) in [5, 5.41) is 11.5. The lowest BCUT2D eigenvalue weighted by molar-refractivity contribution is 0.265. The Bertz CT molecular complexity index is 181. The number of hydrogen-bond acceptors (Lipinski definition) is 4. The average molecular weight is 195 g/mol. The summed E-state index contributed by atoms with van der Waals surface area (Å²) >= 11 is 1.56.